The van der Waals surface area contributed by atoms with Gasteiger partial charge in [-0.1, -0.05) is 6.07 Å². The predicted octanol–water partition coefficient (Wildman–Crippen LogP) is 4.24. The van der Waals surface area contributed by atoms with Crippen LogP contribution in [0.5, 0.6) is 5.75 Å². The fraction of sp³-hybridized carbons (Fsp3) is 0.105. The molecule has 29 heavy (non-hydrogen) atoms. The molecular weight excluding hydrogens is 382 g/mol. The molecule has 0 bridgehead atoms. The van der Waals surface area contributed by atoms with Crippen LogP contribution >= 0.6 is 0 Å². The van der Waals surface area contributed by atoms with Crippen LogP contribution < -0.4 is 10.1 Å². The molecule has 1 amide bonds. The number of furan rings is 1. The van der Waals surface area contributed by atoms with Gasteiger partial charge in [0.05, 0.1) is 9.85 Å². The van der Waals surface area contributed by atoms with Gasteiger partial charge in [0.15, 0.2) is 11.5 Å². The van der Waals surface area contributed by atoms with E-state index in [1.165, 1.54) is 48.5 Å². The third-order valence-electron chi connectivity index (χ3n) is 3.90. The molecule has 10 nitrogen and oxygen atoms in total. The number of amides is 1. The van der Waals surface area contributed by atoms with Crippen molar-refractivity contribution < 1.29 is 23.8 Å². The number of ether oxygens (including phenoxy) is 1. The highest BCUT2D eigenvalue weighted by atomic mass is 16.6. The first kappa shape index (κ1) is 19.5. The van der Waals surface area contributed by atoms with Gasteiger partial charge in [-0.15, -0.1) is 0 Å². The summed E-state index contributed by atoms with van der Waals surface area (Å²) in [6.45, 7) is 1.63. The number of carbonyl (C=O) groups is 1. The van der Waals surface area contributed by atoms with Gasteiger partial charge >= 0.3 is 5.69 Å². The van der Waals surface area contributed by atoms with Crippen molar-refractivity contribution in [2.45, 2.75) is 13.5 Å². The molecule has 2 aromatic carbocycles. The summed E-state index contributed by atoms with van der Waals surface area (Å²) < 4.78 is 10.9. The molecule has 10 heteroatoms. The summed E-state index contributed by atoms with van der Waals surface area (Å²) in [4.78, 5) is 32.9. The first-order valence-electron chi connectivity index (χ1n) is 8.36. The maximum atomic E-state index is 12.2. The van der Waals surface area contributed by atoms with Gasteiger partial charge in [-0.3, -0.25) is 25.0 Å². The van der Waals surface area contributed by atoms with Crippen LogP contribution in [0.4, 0.5) is 17.1 Å². The number of nitrogens with one attached hydrogen (secondary N) is 1. The summed E-state index contributed by atoms with van der Waals surface area (Å²) in [6, 6.07) is 12.9. The molecule has 0 aliphatic heterocycles. The number of aryl methyl sites for hydroxylation is 1. The summed E-state index contributed by atoms with van der Waals surface area (Å²) in [5, 5.41) is 24.3. The lowest BCUT2D eigenvalue weighted by molar-refractivity contribution is -0.386. The molecule has 1 heterocycles. The molecule has 0 saturated heterocycles. The predicted molar refractivity (Wildman–Crippen MR) is 102 cm³/mol. The average Bonchev–Trinajstić information content (AvgIpc) is 3.16. The van der Waals surface area contributed by atoms with E-state index in [9.17, 15) is 25.0 Å². The first-order valence-corrected chi connectivity index (χ1v) is 8.36. The minimum absolute atomic E-state index is 0.000332. The lowest BCUT2D eigenvalue weighted by Gasteiger charge is -2.06. The Morgan fingerprint density at radius 2 is 1.76 bits per heavy atom. The molecule has 0 fully saturated rings. The van der Waals surface area contributed by atoms with Crippen LogP contribution in [0.2, 0.25) is 0 Å². The second-order valence-electron chi connectivity index (χ2n) is 6.04. The molecule has 0 unspecified atom stereocenters. The van der Waals surface area contributed by atoms with Gasteiger partial charge in [0.25, 0.3) is 11.6 Å². The van der Waals surface area contributed by atoms with Crippen LogP contribution in [0.25, 0.3) is 0 Å². The molecule has 0 aliphatic carbocycles. The van der Waals surface area contributed by atoms with E-state index in [4.69, 9.17) is 9.15 Å². The number of nitro groups is 2. The minimum atomic E-state index is -0.550. The third kappa shape index (κ3) is 4.75. The Morgan fingerprint density at radius 3 is 2.41 bits per heavy atom. The maximum absolute atomic E-state index is 12.2. The van der Waals surface area contributed by atoms with E-state index < -0.39 is 15.8 Å². The molecule has 1 N–H and O–H groups in total. The number of anilines is 1. The first-order chi connectivity index (χ1) is 13.8. The largest absolute Gasteiger partial charge is 0.479 e. The van der Waals surface area contributed by atoms with Crippen molar-refractivity contribution >= 4 is 23.0 Å². The molecule has 0 saturated carbocycles. The number of non-ortho nitro benzene ring substituents is 1. The Balaban J connectivity index is 1.64. The Hall–Kier alpha value is -4.21. The topological polar surface area (TPSA) is 138 Å². The number of rotatable bonds is 7. The van der Waals surface area contributed by atoms with Crippen LogP contribution in [0, 0.1) is 27.2 Å². The van der Waals surface area contributed by atoms with Crippen molar-refractivity contribution in [1.29, 1.82) is 0 Å². The number of carbonyl (C=O) groups excluding carboxylic acids is 1. The van der Waals surface area contributed by atoms with Gasteiger partial charge in [-0.2, -0.15) is 0 Å². The lowest BCUT2D eigenvalue weighted by atomic mass is 10.2. The normalized spacial score (nSPS) is 10.4. The van der Waals surface area contributed by atoms with Gasteiger partial charge in [0.2, 0.25) is 0 Å². The van der Waals surface area contributed by atoms with Crippen LogP contribution in [-0.2, 0) is 6.61 Å². The molecule has 3 rings (SSSR count). The van der Waals surface area contributed by atoms with E-state index in [-0.39, 0.29) is 29.5 Å². The second-order valence-corrected chi connectivity index (χ2v) is 6.04. The van der Waals surface area contributed by atoms with Crippen molar-refractivity contribution in [2.75, 3.05) is 5.32 Å². The monoisotopic (exact) mass is 397 g/mol. The minimum Gasteiger partial charge on any atom is -0.479 e. The number of hydrogen-bond donors (Lipinski definition) is 1. The van der Waals surface area contributed by atoms with E-state index in [0.29, 0.717) is 11.4 Å². The summed E-state index contributed by atoms with van der Waals surface area (Å²) in [6.07, 6.45) is 0. The van der Waals surface area contributed by atoms with Crippen LogP contribution in [0.15, 0.2) is 59.0 Å². The average molecular weight is 397 g/mol. The Morgan fingerprint density at radius 1 is 1.03 bits per heavy atom. The van der Waals surface area contributed by atoms with Crippen molar-refractivity contribution in [1.82, 2.24) is 0 Å². The second kappa shape index (κ2) is 8.21. The number of benzene rings is 2. The Kier molecular flexibility index (Phi) is 5.54. The molecule has 0 atom stereocenters. The van der Waals surface area contributed by atoms with Crippen LogP contribution in [-0.4, -0.2) is 15.8 Å². The molecule has 1 aromatic heterocycles. The number of nitro benzene ring substituents is 2. The molecule has 0 aliphatic rings. The summed E-state index contributed by atoms with van der Waals surface area (Å²) in [5.74, 6) is -0.158. The van der Waals surface area contributed by atoms with Gasteiger partial charge in [0.1, 0.15) is 12.4 Å². The van der Waals surface area contributed by atoms with Gasteiger partial charge in [0, 0.05) is 23.9 Å². The number of hydrogen-bond acceptors (Lipinski definition) is 7. The highest BCUT2D eigenvalue weighted by Crippen LogP contribution is 2.28. The molecule has 148 valence electrons. The van der Waals surface area contributed by atoms with Crippen LogP contribution in [0.3, 0.4) is 0 Å². The highest BCUT2D eigenvalue weighted by molar-refractivity contribution is 6.02. The zero-order valence-corrected chi connectivity index (χ0v) is 15.2. The van der Waals surface area contributed by atoms with E-state index >= 15 is 0 Å². The smallest absolute Gasteiger partial charge is 0.311 e. The molecular formula is C19H15N3O7. The fourth-order valence-corrected chi connectivity index (χ4v) is 2.48. The van der Waals surface area contributed by atoms with Gasteiger partial charge in [-0.05, 0) is 42.8 Å². The number of nitrogens with zero attached hydrogens (tertiary/aromatic N) is 2. The zero-order valence-electron chi connectivity index (χ0n) is 15.2. The van der Waals surface area contributed by atoms with E-state index in [2.05, 4.69) is 5.32 Å². The third-order valence-corrected chi connectivity index (χ3v) is 3.90. The molecule has 0 spiro atoms. The Labute approximate surface area is 164 Å². The highest BCUT2D eigenvalue weighted by Gasteiger charge is 2.17. The zero-order chi connectivity index (χ0) is 21.0. The fourth-order valence-electron chi connectivity index (χ4n) is 2.48. The lowest BCUT2D eigenvalue weighted by Crippen LogP contribution is -2.10. The summed E-state index contributed by atoms with van der Waals surface area (Å²) in [7, 11) is 0. The molecule has 3 aromatic rings. The maximum Gasteiger partial charge on any atom is 0.311 e. The van der Waals surface area contributed by atoms with Gasteiger partial charge < -0.3 is 14.5 Å². The van der Waals surface area contributed by atoms with Gasteiger partial charge in [-0.25, -0.2) is 0 Å². The molecule has 0 radical (unpaired) electrons. The quantitative estimate of drug-likeness (QED) is 0.465. The standard InChI is InChI=1S/C19H15N3O7/c1-12-2-8-17(16(10-12)22(26)27)28-11-15-7-9-18(29-15)19(23)20-13-3-5-14(6-4-13)21(24)25/h2-10H,11H2,1H3,(H,20,23). The Bertz CT molecular complexity index is 1070. The summed E-state index contributed by atoms with van der Waals surface area (Å²) >= 11 is 0. The van der Waals surface area contributed by atoms with Crippen molar-refractivity contribution in [3.63, 3.8) is 0 Å². The van der Waals surface area contributed by atoms with Crippen molar-refractivity contribution in [3.8, 4) is 5.75 Å². The van der Waals surface area contributed by atoms with Crippen molar-refractivity contribution in [3.05, 3.63) is 91.9 Å². The SMILES string of the molecule is Cc1ccc(OCc2ccc(C(=O)Nc3ccc([N+](=O)[O-])cc3)o2)c([N+](=O)[O-])c1. The van der Waals surface area contributed by atoms with E-state index in [1.54, 1.807) is 13.0 Å². The van der Waals surface area contributed by atoms with Crippen molar-refractivity contribution in [2.24, 2.45) is 0 Å². The van der Waals surface area contributed by atoms with Crippen LogP contribution in [0.1, 0.15) is 21.9 Å². The summed E-state index contributed by atoms with van der Waals surface area (Å²) in [5.41, 5.74) is 0.843. The van der Waals surface area contributed by atoms with E-state index in [1.807, 2.05) is 0 Å². The van der Waals surface area contributed by atoms with E-state index in [0.717, 1.165) is 5.56 Å².